The molecule has 1 aliphatic rings. The Morgan fingerprint density at radius 1 is 1.00 bits per heavy atom. The molecule has 0 N–H and O–H groups in total. The van der Waals surface area contributed by atoms with Crippen molar-refractivity contribution in [3.8, 4) is 0 Å². The minimum Gasteiger partial charge on any atom is -0.345 e. The summed E-state index contributed by atoms with van der Waals surface area (Å²) in [5.41, 5.74) is 4.25. The average Bonchev–Trinajstić information content (AvgIpc) is 3.20. The molecule has 3 aromatic rings. The zero-order chi connectivity index (χ0) is 21.8. The van der Waals surface area contributed by atoms with Gasteiger partial charge >= 0.3 is 0 Å². The van der Waals surface area contributed by atoms with Crippen LogP contribution in [-0.4, -0.2) is 21.4 Å². The number of halogens is 2. The van der Waals surface area contributed by atoms with E-state index in [2.05, 4.69) is 54.1 Å². The number of benzene rings is 2. The van der Waals surface area contributed by atoms with E-state index in [-0.39, 0.29) is 11.9 Å². The molecule has 162 valence electrons. The topological polar surface area (TPSA) is 25.2 Å². The van der Waals surface area contributed by atoms with Gasteiger partial charge in [-0.3, -0.25) is 4.79 Å². The molecule has 2 aromatic carbocycles. The third-order valence-electron chi connectivity index (χ3n) is 6.13. The fourth-order valence-electron chi connectivity index (χ4n) is 4.48. The van der Waals surface area contributed by atoms with E-state index >= 15 is 0 Å². The number of hydrogen-bond acceptors (Lipinski definition) is 1. The normalized spacial score (nSPS) is 14.5. The lowest BCUT2D eigenvalue weighted by Gasteiger charge is -2.35. The molecular formula is C26H28Cl2N2O. The maximum Gasteiger partial charge on any atom is 0.254 e. The average molecular weight is 455 g/mol. The second-order valence-electron chi connectivity index (χ2n) is 8.47. The van der Waals surface area contributed by atoms with E-state index in [9.17, 15) is 4.79 Å². The van der Waals surface area contributed by atoms with Crippen LogP contribution in [-0.2, 0) is 13.1 Å². The van der Waals surface area contributed by atoms with E-state index in [0.29, 0.717) is 22.2 Å². The van der Waals surface area contributed by atoms with Gasteiger partial charge in [0.25, 0.3) is 5.91 Å². The second kappa shape index (κ2) is 9.93. The standard InChI is InChI=1S/C26H28Cl2N2O/c1-19-7-5-8-20(15-19)17-29-14-6-11-23(29)18-30(22-9-3-2-4-10-22)26(31)21-12-13-24(27)25(28)16-21/h5-8,11-16,22H,2-4,9-10,17-18H2,1H3. The first kappa shape index (κ1) is 22.0. The summed E-state index contributed by atoms with van der Waals surface area (Å²) in [6.45, 7) is 3.49. The van der Waals surface area contributed by atoms with Crippen molar-refractivity contribution in [1.82, 2.24) is 9.47 Å². The van der Waals surface area contributed by atoms with Crippen LogP contribution in [0.2, 0.25) is 10.0 Å². The summed E-state index contributed by atoms with van der Waals surface area (Å²) in [5.74, 6) is 0.0220. The molecule has 3 nitrogen and oxygen atoms in total. The highest BCUT2D eigenvalue weighted by Gasteiger charge is 2.27. The third kappa shape index (κ3) is 5.34. The van der Waals surface area contributed by atoms with Gasteiger partial charge in [0.2, 0.25) is 0 Å². The molecule has 0 aliphatic heterocycles. The lowest BCUT2D eigenvalue weighted by molar-refractivity contribution is 0.0608. The Hall–Kier alpha value is -2.23. The zero-order valence-electron chi connectivity index (χ0n) is 17.9. The van der Waals surface area contributed by atoms with Crippen LogP contribution in [0.25, 0.3) is 0 Å². The van der Waals surface area contributed by atoms with E-state index in [1.54, 1.807) is 18.2 Å². The molecule has 1 fully saturated rings. The SMILES string of the molecule is Cc1cccc(Cn2cccc2CN(C(=O)c2ccc(Cl)c(Cl)c2)C2CCCCC2)c1. The lowest BCUT2D eigenvalue weighted by Crippen LogP contribution is -2.41. The van der Waals surface area contributed by atoms with Crippen LogP contribution < -0.4 is 0 Å². The van der Waals surface area contributed by atoms with Gasteiger partial charge in [-0.15, -0.1) is 0 Å². The van der Waals surface area contributed by atoms with Gasteiger partial charge in [0.05, 0.1) is 16.6 Å². The first-order chi connectivity index (χ1) is 15.0. The maximum atomic E-state index is 13.6. The van der Waals surface area contributed by atoms with Crippen LogP contribution in [0, 0.1) is 6.92 Å². The summed E-state index contributed by atoms with van der Waals surface area (Å²) < 4.78 is 2.24. The maximum absolute atomic E-state index is 13.6. The lowest BCUT2D eigenvalue weighted by atomic mass is 9.93. The van der Waals surface area contributed by atoms with Crippen molar-refractivity contribution in [3.05, 3.63) is 93.2 Å². The minimum absolute atomic E-state index is 0.0220. The summed E-state index contributed by atoms with van der Waals surface area (Å²) in [6, 6.07) is 18.2. The Morgan fingerprint density at radius 3 is 2.55 bits per heavy atom. The van der Waals surface area contributed by atoms with E-state index in [4.69, 9.17) is 23.2 Å². The molecule has 31 heavy (non-hydrogen) atoms. The van der Waals surface area contributed by atoms with Crippen molar-refractivity contribution in [2.45, 2.75) is 58.2 Å². The van der Waals surface area contributed by atoms with Crippen molar-refractivity contribution in [2.75, 3.05) is 0 Å². The fourth-order valence-corrected chi connectivity index (χ4v) is 4.78. The molecule has 1 aliphatic carbocycles. The monoisotopic (exact) mass is 454 g/mol. The zero-order valence-corrected chi connectivity index (χ0v) is 19.4. The number of aromatic nitrogens is 1. The van der Waals surface area contributed by atoms with Gasteiger partial charge in [-0.05, 0) is 55.7 Å². The minimum atomic E-state index is 0.0220. The number of aryl methyl sites for hydroxylation is 1. The summed E-state index contributed by atoms with van der Waals surface area (Å²) in [4.78, 5) is 15.6. The first-order valence-electron chi connectivity index (χ1n) is 11.0. The molecule has 1 aromatic heterocycles. The number of nitrogens with zero attached hydrogens (tertiary/aromatic N) is 2. The predicted octanol–water partition coefficient (Wildman–Crippen LogP) is 7.13. The summed E-state index contributed by atoms with van der Waals surface area (Å²) >= 11 is 12.3. The van der Waals surface area contributed by atoms with Gasteiger partial charge < -0.3 is 9.47 Å². The molecule has 0 unspecified atom stereocenters. The molecule has 4 rings (SSSR count). The van der Waals surface area contributed by atoms with Crippen LogP contribution >= 0.6 is 23.2 Å². The van der Waals surface area contributed by atoms with Gasteiger partial charge in [0, 0.05) is 30.0 Å². The molecule has 1 amide bonds. The van der Waals surface area contributed by atoms with Crippen LogP contribution in [0.5, 0.6) is 0 Å². The number of amides is 1. The van der Waals surface area contributed by atoms with E-state index in [1.165, 1.54) is 30.4 Å². The van der Waals surface area contributed by atoms with Crippen LogP contribution in [0.3, 0.4) is 0 Å². The Labute approximate surface area is 194 Å². The Kier molecular flexibility index (Phi) is 7.04. The highest BCUT2D eigenvalue weighted by atomic mass is 35.5. The number of carbonyl (C=O) groups is 1. The Bertz CT molecular complexity index is 1050. The summed E-state index contributed by atoms with van der Waals surface area (Å²) in [6.07, 6.45) is 7.77. The Morgan fingerprint density at radius 2 is 1.81 bits per heavy atom. The van der Waals surface area contributed by atoms with Crippen molar-refractivity contribution < 1.29 is 4.79 Å². The van der Waals surface area contributed by atoms with Crippen LogP contribution in [0.1, 0.15) is 59.3 Å². The number of rotatable bonds is 6. The largest absolute Gasteiger partial charge is 0.345 e. The molecule has 0 atom stereocenters. The molecule has 0 saturated heterocycles. The quantitative estimate of drug-likeness (QED) is 0.388. The molecule has 1 saturated carbocycles. The van der Waals surface area contributed by atoms with Gasteiger partial charge in [0.1, 0.15) is 0 Å². The van der Waals surface area contributed by atoms with E-state index in [0.717, 1.165) is 25.1 Å². The van der Waals surface area contributed by atoms with Gasteiger partial charge in [-0.25, -0.2) is 0 Å². The van der Waals surface area contributed by atoms with E-state index in [1.807, 2.05) is 4.90 Å². The predicted molar refractivity (Wildman–Crippen MR) is 128 cm³/mol. The molecule has 0 bridgehead atoms. The van der Waals surface area contributed by atoms with Crippen molar-refractivity contribution >= 4 is 29.1 Å². The third-order valence-corrected chi connectivity index (χ3v) is 6.87. The van der Waals surface area contributed by atoms with Crippen molar-refractivity contribution in [2.24, 2.45) is 0 Å². The number of hydrogen-bond donors (Lipinski definition) is 0. The molecule has 1 heterocycles. The highest BCUT2D eigenvalue weighted by Crippen LogP contribution is 2.28. The van der Waals surface area contributed by atoms with Crippen molar-refractivity contribution in [3.63, 3.8) is 0 Å². The van der Waals surface area contributed by atoms with E-state index < -0.39 is 0 Å². The summed E-state index contributed by atoms with van der Waals surface area (Å²) in [5, 5.41) is 0.883. The molecule has 0 spiro atoms. The smallest absolute Gasteiger partial charge is 0.254 e. The molecule has 0 radical (unpaired) electrons. The van der Waals surface area contributed by atoms with Crippen molar-refractivity contribution in [1.29, 1.82) is 0 Å². The highest BCUT2D eigenvalue weighted by molar-refractivity contribution is 6.42. The number of carbonyl (C=O) groups excluding carboxylic acids is 1. The van der Waals surface area contributed by atoms with Gasteiger partial charge in [0.15, 0.2) is 0 Å². The second-order valence-corrected chi connectivity index (χ2v) is 9.28. The Balaban J connectivity index is 1.60. The summed E-state index contributed by atoms with van der Waals surface area (Å²) in [7, 11) is 0. The van der Waals surface area contributed by atoms with Gasteiger partial charge in [-0.2, -0.15) is 0 Å². The molecule has 5 heteroatoms. The van der Waals surface area contributed by atoms with Crippen LogP contribution in [0.15, 0.2) is 60.8 Å². The van der Waals surface area contributed by atoms with Crippen LogP contribution in [0.4, 0.5) is 0 Å². The molecular weight excluding hydrogens is 427 g/mol. The first-order valence-corrected chi connectivity index (χ1v) is 11.7. The van der Waals surface area contributed by atoms with Gasteiger partial charge in [-0.1, -0.05) is 72.3 Å². The fraction of sp³-hybridized carbons (Fsp3) is 0.346.